The molecule has 0 aliphatic heterocycles. The van der Waals surface area contributed by atoms with Gasteiger partial charge in [0.2, 0.25) is 0 Å². The largest absolute Gasteiger partial charge is 0.478 e. The molecule has 0 aromatic heterocycles. The standard InChI is InChI=1S/C20H15F4NO2/c1-11-7-14(8-12(2)18(11)21)17(20(22,23)24)6-4-13-3-5-16(19(26)27)15(9-13)10-25/h3-9,17H,1-2H3,(H,26,27)/b6-4+. The molecule has 2 aromatic rings. The van der Waals surface area contributed by atoms with Crippen LogP contribution in [0.2, 0.25) is 0 Å². The van der Waals surface area contributed by atoms with Gasteiger partial charge >= 0.3 is 12.1 Å². The number of carbonyl (C=O) groups is 1. The molecule has 0 bridgehead atoms. The molecule has 7 heteroatoms. The highest BCUT2D eigenvalue weighted by atomic mass is 19.4. The Kier molecular flexibility index (Phi) is 5.69. The molecule has 1 N–H and O–H groups in total. The number of carboxylic acid groups (broad SMARTS) is 1. The number of aryl methyl sites for hydroxylation is 2. The van der Waals surface area contributed by atoms with Gasteiger partial charge in [0.25, 0.3) is 0 Å². The number of carboxylic acids is 1. The van der Waals surface area contributed by atoms with Crippen molar-refractivity contribution in [1.29, 1.82) is 5.26 Å². The number of halogens is 4. The van der Waals surface area contributed by atoms with Gasteiger partial charge in [-0.2, -0.15) is 18.4 Å². The van der Waals surface area contributed by atoms with Gasteiger partial charge in [-0.3, -0.25) is 0 Å². The van der Waals surface area contributed by atoms with Crippen molar-refractivity contribution in [3.63, 3.8) is 0 Å². The summed E-state index contributed by atoms with van der Waals surface area (Å²) in [6.45, 7) is 2.79. The van der Waals surface area contributed by atoms with Gasteiger partial charge < -0.3 is 5.11 Å². The van der Waals surface area contributed by atoms with Crippen LogP contribution in [0.25, 0.3) is 6.08 Å². The van der Waals surface area contributed by atoms with Crippen LogP contribution in [0.5, 0.6) is 0 Å². The van der Waals surface area contributed by atoms with E-state index in [0.717, 1.165) is 24.3 Å². The minimum Gasteiger partial charge on any atom is -0.478 e. The molecule has 0 amide bonds. The van der Waals surface area contributed by atoms with E-state index in [-0.39, 0.29) is 33.4 Å². The molecular weight excluding hydrogens is 362 g/mol. The average Bonchev–Trinajstić information content (AvgIpc) is 2.58. The zero-order valence-electron chi connectivity index (χ0n) is 14.4. The highest BCUT2D eigenvalue weighted by Crippen LogP contribution is 2.37. The van der Waals surface area contributed by atoms with Gasteiger partial charge in [0.05, 0.1) is 17.0 Å². The topological polar surface area (TPSA) is 61.1 Å². The van der Waals surface area contributed by atoms with Crippen molar-refractivity contribution in [2.24, 2.45) is 0 Å². The second-order valence-electron chi connectivity index (χ2n) is 6.07. The Morgan fingerprint density at radius 3 is 2.26 bits per heavy atom. The van der Waals surface area contributed by atoms with Crippen LogP contribution >= 0.6 is 0 Å². The normalized spacial score (nSPS) is 12.8. The number of alkyl halides is 3. The van der Waals surface area contributed by atoms with Crippen LogP contribution < -0.4 is 0 Å². The molecule has 0 fully saturated rings. The van der Waals surface area contributed by atoms with Gasteiger partial charge in [-0.15, -0.1) is 0 Å². The summed E-state index contributed by atoms with van der Waals surface area (Å²) in [6.07, 6.45) is -2.53. The number of hydrogen-bond donors (Lipinski definition) is 1. The SMILES string of the molecule is Cc1cc(C(/C=C/c2ccc(C(=O)O)c(C#N)c2)C(F)(F)F)cc(C)c1F. The van der Waals surface area contributed by atoms with Gasteiger partial charge in [0.1, 0.15) is 11.9 Å². The van der Waals surface area contributed by atoms with E-state index < -0.39 is 23.9 Å². The fourth-order valence-electron chi connectivity index (χ4n) is 2.72. The third-order valence-electron chi connectivity index (χ3n) is 4.05. The lowest BCUT2D eigenvalue weighted by molar-refractivity contribution is -0.139. The number of hydrogen-bond acceptors (Lipinski definition) is 2. The summed E-state index contributed by atoms with van der Waals surface area (Å²) < 4.78 is 54.3. The Labute approximate surface area is 153 Å². The van der Waals surface area contributed by atoms with Gasteiger partial charge in [-0.1, -0.05) is 30.4 Å². The number of nitrogens with zero attached hydrogens (tertiary/aromatic N) is 1. The Morgan fingerprint density at radius 1 is 1.19 bits per heavy atom. The summed E-state index contributed by atoms with van der Waals surface area (Å²) in [5.41, 5.74) is 0.00288. The monoisotopic (exact) mass is 377 g/mol. The van der Waals surface area contributed by atoms with E-state index in [1.54, 1.807) is 6.07 Å². The van der Waals surface area contributed by atoms with Crippen molar-refractivity contribution in [3.8, 4) is 6.07 Å². The minimum atomic E-state index is -4.60. The maximum Gasteiger partial charge on any atom is 0.399 e. The highest BCUT2D eigenvalue weighted by molar-refractivity contribution is 5.91. The summed E-state index contributed by atoms with van der Waals surface area (Å²) >= 11 is 0. The van der Waals surface area contributed by atoms with E-state index in [4.69, 9.17) is 10.4 Å². The van der Waals surface area contributed by atoms with E-state index in [9.17, 15) is 22.4 Å². The molecule has 0 saturated carbocycles. The lowest BCUT2D eigenvalue weighted by atomic mass is 9.93. The predicted molar refractivity (Wildman–Crippen MR) is 91.8 cm³/mol. The summed E-state index contributed by atoms with van der Waals surface area (Å²) in [6, 6.07) is 7.69. The fourth-order valence-corrected chi connectivity index (χ4v) is 2.72. The third kappa shape index (κ3) is 4.53. The molecule has 1 atom stereocenters. The second kappa shape index (κ2) is 7.62. The average molecular weight is 377 g/mol. The molecular formula is C20H15F4NO2. The van der Waals surface area contributed by atoms with Crippen molar-refractivity contribution in [3.05, 3.63) is 75.6 Å². The molecule has 2 rings (SSSR count). The molecule has 0 heterocycles. The highest BCUT2D eigenvalue weighted by Gasteiger charge is 2.39. The smallest absolute Gasteiger partial charge is 0.399 e. The van der Waals surface area contributed by atoms with Gasteiger partial charge in [-0.05, 0) is 48.2 Å². The zero-order chi connectivity index (χ0) is 20.4. The van der Waals surface area contributed by atoms with Crippen LogP contribution in [-0.2, 0) is 0 Å². The van der Waals surface area contributed by atoms with Crippen LogP contribution in [-0.4, -0.2) is 17.3 Å². The van der Waals surface area contributed by atoms with E-state index in [1.165, 1.54) is 32.1 Å². The van der Waals surface area contributed by atoms with E-state index in [0.29, 0.717) is 0 Å². The van der Waals surface area contributed by atoms with Gasteiger partial charge in [0.15, 0.2) is 0 Å². The number of rotatable bonds is 4. The third-order valence-corrected chi connectivity index (χ3v) is 4.05. The van der Waals surface area contributed by atoms with Crippen molar-refractivity contribution in [2.75, 3.05) is 0 Å². The first kappa shape index (κ1) is 20.2. The van der Waals surface area contributed by atoms with Gasteiger partial charge in [-0.25, -0.2) is 9.18 Å². The van der Waals surface area contributed by atoms with Crippen LogP contribution in [0, 0.1) is 31.0 Å². The summed E-state index contributed by atoms with van der Waals surface area (Å²) in [5, 5.41) is 18.0. The van der Waals surface area contributed by atoms with E-state index in [2.05, 4.69) is 0 Å². The molecule has 1 unspecified atom stereocenters. The summed E-state index contributed by atoms with van der Waals surface area (Å²) in [7, 11) is 0. The van der Waals surface area contributed by atoms with Crippen molar-refractivity contribution in [1.82, 2.24) is 0 Å². The molecule has 0 radical (unpaired) electrons. The van der Waals surface area contributed by atoms with Gasteiger partial charge in [0, 0.05) is 0 Å². The van der Waals surface area contributed by atoms with E-state index in [1.807, 2.05) is 0 Å². The molecule has 0 aliphatic carbocycles. The molecule has 3 nitrogen and oxygen atoms in total. The Morgan fingerprint density at radius 2 is 1.78 bits per heavy atom. The molecule has 27 heavy (non-hydrogen) atoms. The summed E-state index contributed by atoms with van der Waals surface area (Å²) in [4.78, 5) is 11.0. The molecule has 140 valence electrons. The quantitative estimate of drug-likeness (QED) is 0.729. The zero-order valence-corrected chi connectivity index (χ0v) is 14.4. The van der Waals surface area contributed by atoms with Crippen LogP contribution in [0.1, 0.15) is 44.1 Å². The first-order valence-corrected chi connectivity index (χ1v) is 7.83. The first-order chi connectivity index (χ1) is 12.5. The number of aromatic carboxylic acids is 1. The summed E-state index contributed by atoms with van der Waals surface area (Å²) in [5.74, 6) is -3.82. The maximum atomic E-state index is 13.7. The van der Waals surface area contributed by atoms with Crippen molar-refractivity contribution in [2.45, 2.75) is 25.9 Å². The Bertz CT molecular complexity index is 932. The second-order valence-corrected chi connectivity index (χ2v) is 6.07. The minimum absolute atomic E-state index is 0.0992. The lowest BCUT2D eigenvalue weighted by Crippen LogP contribution is -2.19. The number of allylic oxidation sites excluding steroid dienone is 1. The van der Waals surface area contributed by atoms with Crippen LogP contribution in [0.4, 0.5) is 17.6 Å². The van der Waals surface area contributed by atoms with Crippen molar-refractivity contribution < 1.29 is 27.5 Å². The lowest BCUT2D eigenvalue weighted by Gasteiger charge is -2.19. The molecule has 0 saturated heterocycles. The van der Waals surface area contributed by atoms with E-state index >= 15 is 0 Å². The van der Waals surface area contributed by atoms with Crippen LogP contribution in [0.15, 0.2) is 36.4 Å². The Balaban J connectivity index is 2.47. The molecule has 0 spiro atoms. The predicted octanol–water partition coefficient (Wildman–Crippen LogP) is 5.37. The van der Waals surface area contributed by atoms with Crippen LogP contribution in [0.3, 0.4) is 0 Å². The number of nitriles is 1. The van der Waals surface area contributed by atoms with Crippen molar-refractivity contribution >= 4 is 12.0 Å². The number of benzene rings is 2. The first-order valence-electron chi connectivity index (χ1n) is 7.83. The maximum absolute atomic E-state index is 13.7. The fraction of sp³-hybridized carbons (Fsp3) is 0.200. The molecule has 0 aliphatic rings. The Hall–Kier alpha value is -3.14. The molecule has 2 aromatic carbocycles.